The molecule has 0 radical (unpaired) electrons. The van der Waals surface area contributed by atoms with E-state index in [1.165, 1.54) is 12.1 Å². The van der Waals surface area contributed by atoms with Crippen LogP contribution in [0.3, 0.4) is 0 Å². The molecule has 1 heterocycles. The molecule has 0 atom stereocenters. The fourth-order valence-electron chi connectivity index (χ4n) is 2.61. The van der Waals surface area contributed by atoms with Crippen molar-refractivity contribution >= 4 is 61.9 Å². The van der Waals surface area contributed by atoms with E-state index in [1.807, 2.05) is 0 Å². The minimum atomic E-state index is -4.53. The van der Waals surface area contributed by atoms with E-state index in [2.05, 4.69) is 15.9 Å². The Kier molecular flexibility index (Phi) is 6.25. The van der Waals surface area contributed by atoms with Gasteiger partial charge in [0.05, 0.1) is 27.2 Å². The number of rotatable bonds is 4. The normalized spacial score (nSPS) is 16.0. The van der Waals surface area contributed by atoms with Crippen LogP contribution in [0.4, 0.5) is 18.9 Å². The van der Waals surface area contributed by atoms with E-state index in [4.69, 9.17) is 17.0 Å². The Balaban J connectivity index is 1.96. The lowest BCUT2D eigenvalue weighted by molar-refractivity contribution is -0.137. The summed E-state index contributed by atoms with van der Waals surface area (Å²) in [5.41, 5.74) is -0.257. The van der Waals surface area contributed by atoms with Crippen LogP contribution in [-0.2, 0) is 11.0 Å². The Morgan fingerprint density at radius 3 is 2.69 bits per heavy atom. The van der Waals surface area contributed by atoms with Gasteiger partial charge >= 0.3 is 6.18 Å². The minimum Gasteiger partial charge on any atom is -0.503 e. The Hall–Kier alpha value is -2.04. The zero-order valence-electron chi connectivity index (χ0n) is 14.8. The van der Waals surface area contributed by atoms with Crippen molar-refractivity contribution in [2.75, 3.05) is 11.5 Å². The lowest BCUT2D eigenvalue weighted by atomic mass is 10.1. The average molecular weight is 504 g/mol. The number of aromatic hydroxyl groups is 1. The summed E-state index contributed by atoms with van der Waals surface area (Å²) >= 11 is 9.42. The molecule has 0 aliphatic carbocycles. The molecular weight excluding hydrogens is 491 g/mol. The Bertz CT molecular complexity index is 1020. The maximum atomic E-state index is 13.0. The number of benzene rings is 2. The largest absolute Gasteiger partial charge is 0.503 e. The summed E-state index contributed by atoms with van der Waals surface area (Å²) in [7, 11) is 0. The lowest BCUT2D eigenvalue weighted by Crippen LogP contribution is -2.27. The Morgan fingerprint density at radius 1 is 1.31 bits per heavy atom. The highest BCUT2D eigenvalue weighted by atomic mass is 79.9. The molecule has 2 aromatic carbocycles. The van der Waals surface area contributed by atoms with Gasteiger partial charge in [-0.15, -0.1) is 0 Å². The molecule has 10 heteroatoms. The highest BCUT2D eigenvalue weighted by Gasteiger charge is 2.36. The van der Waals surface area contributed by atoms with E-state index in [0.717, 1.165) is 28.8 Å². The van der Waals surface area contributed by atoms with Crippen molar-refractivity contribution in [3.8, 4) is 11.5 Å². The predicted octanol–water partition coefficient (Wildman–Crippen LogP) is 5.98. The highest BCUT2D eigenvalue weighted by molar-refractivity contribution is 9.10. The standard InChI is InChI=1S/C19H13BrF3NO3S2/c1-2-27-14-7-10(6-13(20)16(14)25)8-15-17(26)24(18(28)29-15)12-5-3-4-11(9-12)19(21,22)23/h3-9,25H,2H2,1H3/b15-8-. The smallest absolute Gasteiger partial charge is 0.416 e. The molecule has 1 amide bonds. The number of amides is 1. The zero-order chi connectivity index (χ0) is 21.3. The van der Waals surface area contributed by atoms with E-state index in [0.29, 0.717) is 16.6 Å². The Labute approximate surface area is 182 Å². The molecule has 1 N–H and O–H groups in total. The number of hydrogen-bond donors (Lipinski definition) is 1. The number of hydrogen-bond acceptors (Lipinski definition) is 5. The first-order valence-corrected chi connectivity index (χ1v) is 10.2. The first-order chi connectivity index (χ1) is 13.6. The lowest BCUT2D eigenvalue weighted by Gasteiger charge is -2.16. The fourth-order valence-corrected chi connectivity index (χ4v) is 4.36. The third kappa shape index (κ3) is 4.59. The number of alkyl halides is 3. The average Bonchev–Trinajstić information content (AvgIpc) is 2.92. The van der Waals surface area contributed by atoms with E-state index in [9.17, 15) is 23.1 Å². The summed E-state index contributed by atoms with van der Waals surface area (Å²) in [6, 6.07) is 7.59. The van der Waals surface area contributed by atoms with Crippen molar-refractivity contribution < 1.29 is 27.8 Å². The van der Waals surface area contributed by atoms with Crippen LogP contribution in [0.2, 0.25) is 0 Å². The molecule has 1 aliphatic heterocycles. The van der Waals surface area contributed by atoms with Gasteiger partial charge in [-0.25, -0.2) is 0 Å². The molecule has 0 aromatic heterocycles. The van der Waals surface area contributed by atoms with Crippen LogP contribution in [0.5, 0.6) is 11.5 Å². The number of ether oxygens (including phenoxy) is 1. The summed E-state index contributed by atoms with van der Waals surface area (Å²) in [5, 5.41) is 10.0. The van der Waals surface area contributed by atoms with E-state index >= 15 is 0 Å². The molecule has 29 heavy (non-hydrogen) atoms. The second kappa shape index (κ2) is 8.37. The van der Waals surface area contributed by atoms with Crippen LogP contribution in [0, 0.1) is 0 Å². The number of nitrogens with zero attached hydrogens (tertiary/aromatic N) is 1. The molecule has 3 rings (SSSR count). The number of thiocarbonyl (C=S) groups is 1. The third-order valence-corrected chi connectivity index (χ3v) is 5.78. The summed E-state index contributed by atoms with van der Waals surface area (Å²) in [6.07, 6.45) is -2.99. The van der Waals surface area contributed by atoms with Crippen molar-refractivity contribution in [2.45, 2.75) is 13.1 Å². The van der Waals surface area contributed by atoms with Gasteiger partial charge in [-0.05, 0) is 64.8 Å². The maximum absolute atomic E-state index is 13.0. The Morgan fingerprint density at radius 2 is 2.03 bits per heavy atom. The molecule has 2 aromatic rings. The second-order valence-corrected chi connectivity index (χ2v) is 8.38. The van der Waals surface area contributed by atoms with Gasteiger partial charge in [0.2, 0.25) is 0 Å². The van der Waals surface area contributed by atoms with Crippen molar-refractivity contribution in [1.29, 1.82) is 0 Å². The van der Waals surface area contributed by atoms with Crippen LogP contribution in [0.25, 0.3) is 6.08 Å². The van der Waals surface area contributed by atoms with Crippen LogP contribution < -0.4 is 9.64 Å². The van der Waals surface area contributed by atoms with Gasteiger partial charge in [0.1, 0.15) is 0 Å². The number of thioether (sulfide) groups is 1. The molecule has 0 unspecified atom stereocenters. The van der Waals surface area contributed by atoms with Gasteiger partial charge in [0, 0.05) is 0 Å². The fraction of sp³-hybridized carbons (Fsp3) is 0.158. The van der Waals surface area contributed by atoms with Crippen LogP contribution in [-0.4, -0.2) is 21.9 Å². The highest BCUT2D eigenvalue weighted by Crippen LogP contribution is 2.40. The first-order valence-electron chi connectivity index (χ1n) is 8.22. The number of anilines is 1. The number of phenolic OH excluding ortho intramolecular Hbond substituents is 1. The predicted molar refractivity (Wildman–Crippen MR) is 114 cm³/mol. The molecule has 1 fully saturated rings. The number of phenols is 1. The molecule has 152 valence electrons. The molecule has 1 aliphatic rings. The van der Waals surface area contributed by atoms with Crippen molar-refractivity contribution in [1.82, 2.24) is 0 Å². The first kappa shape index (κ1) is 21.7. The minimum absolute atomic E-state index is 0.0487. The topological polar surface area (TPSA) is 49.8 Å². The summed E-state index contributed by atoms with van der Waals surface area (Å²) in [4.78, 5) is 14.1. The molecule has 4 nitrogen and oxygen atoms in total. The van der Waals surface area contributed by atoms with E-state index in [1.54, 1.807) is 25.1 Å². The number of carbonyl (C=O) groups excluding carboxylic acids is 1. The van der Waals surface area contributed by atoms with Gasteiger partial charge in [-0.3, -0.25) is 9.69 Å². The van der Waals surface area contributed by atoms with Gasteiger partial charge in [0.15, 0.2) is 15.8 Å². The molecular formula is C19H13BrF3NO3S2. The van der Waals surface area contributed by atoms with Crippen LogP contribution in [0.15, 0.2) is 45.8 Å². The molecule has 1 saturated heterocycles. The van der Waals surface area contributed by atoms with Crippen molar-refractivity contribution in [3.05, 3.63) is 56.9 Å². The monoisotopic (exact) mass is 503 g/mol. The van der Waals surface area contributed by atoms with Crippen LogP contribution in [0.1, 0.15) is 18.1 Å². The van der Waals surface area contributed by atoms with E-state index in [-0.39, 0.29) is 26.4 Å². The van der Waals surface area contributed by atoms with Gasteiger partial charge in [0.25, 0.3) is 5.91 Å². The maximum Gasteiger partial charge on any atom is 0.416 e. The number of halogens is 4. The zero-order valence-corrected chi connectivity index (χ0v) is 18.0. The molecule has 0 bridgehead atoms. The van der Waals surface area contributed by atoms with Crippen LogP contribution >= 0.6 is 39.9 Å². The van der Waals surface area contributed by atoms with E-state index < -0.39 is 17.6 Å². The summed E-state index contributed by atoms with van der Waals surface area (Å²) in [6.45, 7) is 2.10. The van der Waals surface area contributed by atoms with Crippen molar-refractivity contribution in [3.63, 3.8) is 0 Å². The summed E-state index contributed by atoms with van der Waals surface area (Å²) < 4.78 is 44.9. The molecule has 0 saturated carbocycles. The van der Waals surface area contributed by atoms with Gasteiger partial charge < -0.3 is 9.84 Å². The SMILES string of the molecule is CCOc1cc(/C=C2\SC(=S)N(c3cccc(C(F)(F)F)c3)C2=O)cc(Br)c1O. The third-order valence-electron chi connectivity index (χ3n) is 3.87. The van der Waals surface area contributed by atoms with Gasteiger partial charge in [-0.2, -0.15) is 13.2 Å². The summed E-state index contributed by atoms with van der Waals surface area (Å²) in [5.74, 6) is -0.358. The van der Waals surface area contributed by atoms with Gasteiger partial charge in [-0.1, -0.05) is 30.0 Å². The van der Waals surface area contributed by atoms with Crippen molar-refractivity contribution in [2.24, 2.45) is 0 Å². The molecule has 0 spiro atoms. The second-order valence-electron chi connectivity index (χ2n) is 5.85. The quantitative estimate of drug-likeness (QED) is 0.410. The number of carbonyl (C=O) groups is 1.